The molecule has 2 aromatic carbocycles. The molecule has 2 N–H and O–H groups in total. The summed E-state index contributed by atoms with van der Waals surface area (Å²) in [6.07, 6.45) is 0. The molecule has 0 unspecified atom stereocenters. The number of benzene rings is 2. The van der Waals surface area contributed by atoms with Crippen LogP contribution >= 0.6 is 11.6 Å². The summed E-state index contributed by atoms with van der Waals surface area (Å²) >= 11 is 5.86. The second-order valence-electron chi connectivity index (χ2n) is 4.29. The molecule has 6 heteroatoms. The maximum Gasteiger partial charge on any atom is 0.339 e. The molecule has 0 aromatic heterocycles. The molecule has 0 aliphatic carbocycles. The molecule has 0 bridgehead atoms. The Morgan fingerprint density at radius 3 is 2.38 bits per heavy atom. The predicted molar refractivity (Wildman–Crippen MR) is 82.3 cm³/mol. The van der Waals surface area contributed by atoms with Gasteiger partial charge in [0.1, 0.15) is 5.56 Å². The highest BCUT2D eigenvalue weighted by Gasteiger charge is 2.18. The number of nitrogens with one attached hydrogen (secondary N) is 1. The Kier molecular flexibility index (Phi) is 4.45. The molecule has 0 saturated heterocycles. The van der Waals surface area contributed by atoms with Crippen LogP contribution in [0.25, 0.3) is 0 Å². The highest BCUT2D eigenvalue weighted by molar-refractivity contribution is 6.34. The number of carbonyl (C=O) groups is 2. The first-order valence-electron chi connectivity index (χ1n) is 6.12. The van der Waals surface area contributed by atoms with Gasteiger partial charge < -0.3 is 10.4 Å². The quantitative estimate of drug-likeness (QED) is 0.908. The zero-order chi connectivity index (χ0) is 15.4. The molecule has 0 radical (unpaired) electrons. The standard InChI is InChI=1S/C15H13ClN2O3/c1-18(10-6-3-2-4-7-10)15(21)17-12-9-5-8-11(16)13(12)14(19)20/h2-9H,1H3,(H,17,21)(H,19,20). The van der Waals surface area contributed by atoms with E-state index in [1.807, 2.05) is 6.07 Å². The van der Waals surface area contributed by atoms with Crippen molar-refractivity contribution >= 4 is 35.0 Å². The van der Waals surface area contributed by atoms with Crippen LogP contribution < -0.4 is 10.2 Å². The van der Waals surface area contributed by atoms with Crippen molar-refractivity contribution < 1.29 is 14.7 Å². The lowest BCUT2D eigenvalue weighted by atomic mass is 10.2. The Labute approximate surface area is 126 Å². The second-order valence-corrected chi connectivity index (χ2v) is 4.70. The summed E-state index contributed by atoms with van der Waals surface area (Å²) in [5.41, 5.74) is 0.714. The number of anilines is 2. The number of carboxylic acid groups (broad SMARTS) is 1. The average Bonchev–Trinajstić information content (AvgIpc) is 2.47. The lowest BCUT2D eigenvalue weighted by Crippen LogP contribution is -2.31. The van der Waals surface area contributed by atoms with E-state index < -0.39 is 12.0 Å². The van der Waals surface area contributed by atoms with Gasteiger partial charge in [-0.05, 0) is 24.3 Å². The molecule has 2 rings (SSSR count). The number of amides is 2. The van der Waals surface area contributed by atoms with Crippen LogP contribution in [0.2, 0.25) is 5.02 Å². The number of halogens is 1. The molecule has 2 amide bonds. The van der Waals surface area contributed by atoms with Gasteiger partial charge in [0.05, 0.1) is 10.7 Å². The Hall–Kier alpha value is -2.53. The Morgan fingerprint density at radius 1 is 1.10 bits per heavy atom. The summed E-state index contributed by atoms with van der Waals surface area (Å²) in [6.45, 7) is 0. The number of rotatable bonds is 3. The van der Waals surface area contributed by atoms with Crippen molar-refractivity contribution in [2.75, 3.05) is 17.3 Å². The summed E-state index contributed by atoms with van der Waals surface area (Å²) in [6, 6.07) is 13.1. The van der Waals surface area contributed by atoms with E-state index in [4.69, 9.17) is 16.7 Å². The first-order valence-corrected chi connectivity index (χ1v) is 6.50. The van der Waals surface area contributed by atoms with Crippen LogP contribution in [0.5, 0.6) is 0 Å². The first-order chi connectivity index (χ1) is 10.0. The van der Waals surface area contributed by atoms with Gasteiger partial charge in [-0.2, -0.15) is 0 Å². The number of hydrogen-bond acceptors (Lipinski definition) is 2. The maximum atomic E-state index is 12.2. The first kappa shape index (κ1) is 14.9. The normalized spacial score (nSPS) is 10.0. The highest BCUT2D eigenvalue weighted by Crippen LogP contribution is 2.25. The number of nitrogens with zero attached hydrogens (tertiary/aromatic N) is 1. The van der Waals surface area contributed by atoms with Crippen LogP contribution in [0.3, 0.4) is 0 Å². The SMILES string of the molecule is CN(C(=O)Nc1cccc(Cl)c1C(=O)O)c1ccccc1. The molecule has 0 heterocycles. The second kappa shape index (κ2) is 6.28. The topological polar surface area (TPSA) is 69.6 Å². The minimum atomic E-state index is -1.20. The van der Waals surface area contributed by atoms with Crippen molar-refractivity contribution in [3.8, 4) is 0 Å². The summed E-state index contributed by atoms with van der Waals surface area (Å²) < 4.78 is 0. The number of aromatic carboxylic acids is 1. The Morgan fingerprint density at radius 2 is 1.76 bits per heavy atom. The summed E-state index contributed by atoms with van der Waals surface area (Å²) in [4.78, 5) is 24.8. The summed E-state index contributed by atoms with van der Waals surface area (Å²) in [5, 5.41) is 11.8. The van der Waals surface area contributed by atoms with E-state index in [1.165, 1.54) is 17.0 Å². The van der Waals surface area contributed by atoms with Gasteiger partial charge in [-0.25, -0.2) is 9.59 Å². The number of carbonyl (C=O) groups excluding carboxylic acids is 1. The van der Waals surface area contributed by atoms with Crippen molar-refractivity contribution in [1.29, 1.82) is 0 Å². The molecule has 0 atom stereocenters. The molecule has 108 valence electrons. The molecule has 21 heavy (non-hydrogen) atoms. The van der Waals surface area contributed by atoms with Crippen LogP contribution in [0, 0.1) is 0 Å². The number of carboxylic acids is 1. The van der Waals surface area contributed by atoms with Gasteiger partial charge in [0.2, 0.25) is 0 Å². The van der Waals surface area contributed by atoms with Crippen molar-refractivity contribution in [1.82, 2.24) is 0 Å². The van der Waals surface area contributed by atoms with Crippen molar-refractivity contribution in [3.05, 3.63) is 59.1 Å². The average molecular weight is 305 g/mol. The smallest absolute Gasteiger partial charge is 0.339 e. The largest absolute Gasteiger partial charge is 0.478 e. The van der Waals surface area contributed by atoms with Crippen LogP contribution in [0.1, 0.15) is 10.4 Å². The van der Waals surface area contributed by atoms with Crippen LogP contribution in [-0.2, 0) is 0 Å². The van der Waals surface area contributed by atoms with Gasteiger partial charge in [0.15, 0.2) is 0 Å². The van der Waals surface area contributed by atoms with Gasteiger partial charge in [0.25, 0.3) is 0 Å². The molecular weight excluding hydrogens is 292 g/mol. The molecule has 0 saturated carbocycles. The lowest BCUT2D eigenvalue weighted by Gasteiger charge is -2.19. The molecule has 2 aromatic rings. The third-order valence-corrected chi connectivity index (χ3v) is 3.23. The predicted octanol–water partition coefficient (Wildman–Crippen LogP) is 3.71. The van der Waals surface area contributed by atoms with Gasteiger partial charge in [-0.15, -0.1) is 0 Å². The fraction of sp³-hybridized carbons (Fsp3) is 0.0667. The number of para-hydroxylation sites is 1. The van der Waals surface area contributed by atoms with Gasteiger partial charge in [0, 0.05) is 12.7 Å². The number of urea groups is 1. The molecule has 0 fully saturated rings. The monoisotopic (exact) mass is 304 g/mol. The lowest BCUT2D eigenvalue weighted by molar-refractivity contribution is 0.0698. The van der Waals surface area contributed by atoms with E-state index >= 15 is 0 Å². The van der Waals surface area contributed by atoms with Gasteiger partial charge in [-0.3, -0.25) is 4.90 Å². The third kappa shape index (κ3) is 3.32. The molecule has 0 spiro atoms. The van der Waals surface area contributed by atoms with E-state index in [0.717, 1.165) is 0 Å². The van der Waals surface area contributed by atoms with Crippen LogP contribution in [0.4, 0.5) is 16.2 Å². The van der Waals surface area contributed by atoms with E-state index in [9.17, 15) is 9.59 Å². The Balaban J connectivity index is 2.25. The van der Waals surface area contributed by atoms with Crippen LogP contribution in [0.15, 0.2) is 48.5 Å². The summed E-state index contributed by atoms with van der Waals surface area (Å²) in [5.74, 6) is -1.20. The van der Waals surface area contributed by atoms with Crippen molar-refractivity contribution in [3.63, 3.8) is 0 Å². The molecule has 0 aliphatic heterocycles. The minimum absolute atomic E-state index is 0.0719. The molecule has 5 nitrogen and oxygen atoms in total. The van der Waals surface area contributed by atoms with Gasteiger partial charge in [-0.1, -0.05) is 35.9 Å². The van der Waals surface area contributed by atoms with E-state index in [1.54, 1.807) is 37.4 Å². The van der Waals surface area contributed by atoms with Crippen LogP contribution in [-0.4, -0.2) is 24.2 Å². The highest BCUT2D eigenvalue weighted by atomic mass is 35.5. The zero-order valence-electron chi connectivity index (χ0n) is 11.2. The molecule has 0 aliphatic rings. The Bertz CT molecular complexity index is 674. The maximum absolute atomic E-state index is 12.2. The van der Waals surface area contributed by atoms with E-state index in [0.29, 0.717) is 5.69 Å². The van der Waals surface area contributed by atoms with E-state index in [-0.39, 0.29) is 16.3 Å². The molecular formula is C15H13ClN2O3. The fourth-order valence-electron chi connectivity index (χ4n) is 1.81. The third-order valence-electron chi connectivity index (χ3n) is 2.92. The summed E-state index contributed by atoms with van der Waals surface area (Å²) in [7, 11) is 1.59. The van der Waals surface area contributed by atoms with E-state index in [2.05, 4.69) is 5.32 Å². The number of hydrogen-bond donors (Lipinski definition) is 2. The van der Waals surface area contributed by atoms with Crippen molar-refractivity contribution in [2.24, 2.45) is 0 Å². The van der Waals surface area contributed by atoms with Crippen molar-refractivity contribution in [2.45, 2.75) is 0 Å². The minimum Gasteiger partial charge on any atom is -0.478 e. The fourth-order valence-corrected chi connectivity index (χ4v) is 2.07. The van der Waals surface area contributed by atoms with Gasteiger partial charge >= 0.3 is 12.0 Å². The zero-order valence-corrected chi connectivity index (χ0v) is 12.0.